The van der Waals surface area contributed by atoms with Crippen LogP contribution in [0.25, 0.3) is 0 Å². The first-order chi connectivity index (χ1) is 11.2. The van der Waals surface area contributed by atoms with Crippen molar-refractivity contribution in [2.45, 2.75) is 51.0 Å². The van der Waals surface area contributed by atoms with Gasteiger partial charge in [-0.1, -0.05) is 25.0 Å². The van der Waals surface area contributed by atoms with Gasteiger partial charge >= 0.3 is 0 Å². The van der Waals surface area contributed by atoms with Crippen LogP contribution >= 0.6 is 24.8 Å². The summed E-state index contributed by atoms with van der Waals surface area (Å²) in [7, 11) is 2.16. The summed E-state index contributed by atoms with van der Waals surface area (Å²) in [6.07, 6.45) is 7.96. The summed E-state index contributed by atoms with van der Waals surface area (Å²) >= 11 is 0. The van der Waals surface area contributed by atoms with Crippen LogP contribution in [0.15, 0.2) is 24.3 Å². The minimum absolute atomic E-state index is 0. The molecular formula is C19H31Cl2N3O. The zero-order chi connectivity index (χ0) is 16.1. The molecule has 1 heterocycles. The van der Waals surface area contributed by atoms with Gasteiger partial charge in [-0.15, -0.1) is 24.8 Å². The second-order valence-corrected chi connectivity index (χ2v) is 7.01. The van der Waals surface area contributed by atoms with Crippen molar-refractivity contribution in [3.8, 4) is 0 Å². The lowest BCUT2D eigenvalue weighted by Crippen LogP contribution is -2.29. The molecular weight excluding hydrogens is 357 g/mol. The van der Waals surface area contributed by atoms with Crippen molar-refractivity contribution in [2.75, 3.05) is 30.4 Å². The van der Waals surface area contributed by atoms with Crippen LogP contribution < -0.4 is 15.5 Å². The molecule has 3 rings (SSSR count). The average molecular weight is 388 g/mol. The number of para-hydroxylation sites is 2. The Kier molecular flexibility index (Phi) is 9.62. The summed E-state index contributed by atoms with van der Waals surface area (Å²) in [5.41, 5.74) is 2.10. The highest BCUT2D eigenvalue weighted by Gasteiger charge is 2.22. The van der Waals surface area contributed by atoms with Crippen LogP contribution in [-0.4, -0.2) is 32.1 Å². The molecule has 1 aromatic rings. The van der Waals surface area contributed by atoms with Crippen LogP contribution in [0.4, 0.5) is 11.4 Å². The number of benzene rings is 1. The van der Waals surface area contributed by atoms with Crippen molar-refractivity contribution < 1.29 is 4.79 Å². The molecule has 25 heavy (non-hydrogen) atoms. The van der Waals surface area contributed by atoms with Crippen molar-refractivity contribution in [1.29, 1.82) is 0 Å². The van der Waals surface area contributed by atoms with Crippen molar-refractivity contribution >= 4 is 42.1 Å². The van der Waals surface area contributed by atoms with E-state index in [9.17, 15) is 4.79 Å². The van der Waals surface area contributed by atoms with Gasteiger partial charge in [0.05, 0.1) is 11.4 Å². The van der Waals surface area contributed by atoms with Crippen LogP contribution in [0.3, 0.4) is 0 Å². The van der Waals surface area contributed by atoms with E-state index in [2.05, 4.69) is 34.7 Å². The van der Waals surface area contributed by atoms with E-state index in [-0.39, 0.29) is 30.7 Å². The summed E-state index contributed by atoms with van der Waals surface area (Å²) < 4.78 is 0. The molecule has 1 aliphatic heterocycles. The third-order valence-electron chi connectivity index (χ3n) is 5.37. The zero-order valence-corrected chi connectivity index (χ0v) is 16.6. The normalized spacial score (nSPS) is 19.8. The largest absolute Gasteiger partial charge is 0.370 e. The van der Waals surface area contributed by atoms with Gasteiger partial charge < -0.3 is 15.5 Å². The Labute approximate surface area is 163 Å². The summed E-state index contributed by atoms with van der Waals surface area (Å²) in [4.78, 5) is 14.7. The molecule has 142 valence electrons. The third-order valence-corrected chi connectivity index (χ3v) is 5.37. The predicted octanol–water partition coefficient (Wildman–Crippen LogP) is 4.24. The minimum atomic E-state index is 0. The van der Waals surface area contributed by atoms with E-state index in [1.807, 2.05) is 12.1 Å². The molecule has 2 aliphatic rings. The zero-order valence-electron chi connectivity index (χ0n) is 15.0. The minimum Gasteiger partial charge on any atom is -0.370 e. The van der Waals surface area contributed by atoms with E-state index in [4.69, 9.17) is 0 Å². The molecule has 6 heteroatoms. The van der Waals surface area contributed by atoms with Gasteiger partial charge in [-0.25, -0.2) is 0 Å². The summed E-state index contributed by atoms with van der Waals surface area (Å²) in [5, 5.41) is 6.50. The highest BCUT2D eigenvalue weighted by atomic mass is 35.5. The molecule has 0 radical (unpaired) electrons. The van der Waals surface area contributed by atoms with Gasteiger partial charge in [0.15, 0.2) is 0 Å². The highest BCUT2D eigenvalue weighted by Crippen LogP contribution is 2.32. The number of nitrogens with zero attached hydrogens (tertiary/aromatic N) is 1. The number of hydrogen-bond acceptors (Lipinski definition) is 3. The summed E-state index contributed by atoms with van der Waals surface area (Å²) in [5.74, 6) is 0.807. The number of hydrogen-bond donors (Lipinski definition) is 2. The number of nitrogens with one attached hydrogen (secondary N) is 2. The molecule has 1 aliphatic carbocycles. The maximum Gasteiger partial charge on any atom is 0.224 e. The Hall–Kier alpha value is -0.970. The van der Waals surface area contributed by atoms with E-state index in [0.29, 0.717) is 18.4 Å². The molecule has 0 bridgehead atoms. The SMILES string of the molecule is CN(c1ccccc1NC(=O)CCC1CCNC1)C1CCCC1.Cl.Cl. The second-order valence-electron chi connectivity index (χ2n) is 7.01. The fraction of sp³-hybridized carbons (Fsp3) is 0.632. The quantitative estimate of drug-likeness (QED) is 0.766. The second kappa shape index (κ2) is 10.9. The third kappa shape index (κ3) is 6.05. The Morgan fingerprint density at radius 3 is 2.60 bits per heavy atom. The van der Waals surface area contributed by atoms with Gasteiger partial charge in [0.1, 0.15) is 0 Å². The van der Waals surface area contributed by atoms with Crippen molar-refractivity contribution in [1.82, 2.24) is 5.32 Å². The average Bonchev–Trinajstić information content (AvgIpc) is 3.26. The monoisotopic (exact) mass is 387 g/mol. The summed E-state index contributed by atoms with van der Waals surface area (Å²) in [6.45, 7) is 2.16. The Morgan fingerprint density at radius 1 is 1.20 bits per heavy atom. The number of carbonyl (C=O) groups excluding carboxylic acids is 1. The van der Waals surface area contributed by atoms with Crippen molar-refractivity contribution in [2.24, 2.45) is 5.92 Å². The highest BCUT2D eigenvalue weighted by molar-refractivity contribution is 5.94. The van der Waals surface area contributed by atoms with E-state index < -0.39 is 0 Å². The number of carbonyl (C=O) groups is 1. The van der Waals surface area contributed by atoms with Crippen LogP contribution in [0, 0.1) is 5.92 Å². The molecule has 4 nitrogen and oxygen atoms in total. The number of amides is 1. The molecule has 1 saturated carbocycles. The van der Waals surface area contributed by atoms with E-state index in [0.717, 1.165) is 30.9 Å². The molecule has 1 amide bonds. The van der Waals surface area contributed by atoms with Gasteiger partial charge in [-0.05, 0) is 56.8 Å². The van der Waals surface area contributed by atoms with E-state index >= 15 is 0 Å². The van der Waals surface area contributed by atoms with Crippen molar-refractivity contribution in [3.63, 3.8) is 0 Å². The first kappa shape index (κ1) is 22.1. The predicted molar refractivity (Wildman–Crippen MR) is 110 cm³/mol. The lowest BCUT2D eigenvalue weighted by Gasteiger charge is -2.28. The number of rotatable bonds is 6. The fourth-order valence-corrected chi connectivity index (χ4v) is 3.88. The molecule has 1 saturated heterocycles. The van der Waals surface area contributed by atoms with Crippen LogP contribution in [0.1, 0.15) is 44.9 Å². The number of halogens is 2. The molecule has 0 aromatic heterocycles. The fourth-order valence-electron chi connectivity index (χ4n) is 3.88. The summed E-state index contributed by atoms with van der Waals surface area (Å²) in [6, 6.07) is 8.81. The Balaban J connectivity index is 0.00000156. The molecule has 0 spiro atoms. The standard InChI is InChI=1S/C19H29N3O.2ClH/c1-22(16-6-2-3-7-16)18-9-5-4-8-17(18)21-19(23)11-10-15-12-13-20-14-15;;/h4-5,8-9,15-16,20H,2-3,6-7,10-14H2,1H3,(H,21,23);2*1H. The molecule has 1 atom stereocenters. The van der Waals surface area contributed by atoms with Gasteiger partial charge in [0.2, 0.25) is 5.91 Å². The van der Waals surface area contributed by atoms with Gasteiger partial charge in [0.25, 0.3) is 0 Å². The van der Waals surface area contributed by atoms with E-state index in [1.54, 1.807) is 0 Å². The maximum absolute atomic E-state index is 12.3. The topological polar surface area (TPSA) is 44.4 Å². The van der Waals surface area contributed by atoms with Crippen LogP contribution in [0.2, 0.25) is 0 Å². The van der Waals surface area contributed by atoms with Gasteiger partial charge in [0, 0.05) is 19.5 Å². The molecule has 2 N–H and O–H groups in total. The first-order valence-corrected chi connectivity index (χ1v) is 9.06. The lowest BCUT2D eigenvalue weighted by molar-refractivity contribution is -0.116. The molecule has 2 fully saturated rings. The van der Waals surface area contributed by atoms with Gasteiger partial charge in [-0.3, -0.25) is 4.79 Å². The van der Waals surface area contributed by atoms with Crippen molar-refractivity contribution in [3.05, 3.63) is 24.3 Å². The first-order valence-electron chi connectivity index (χ1n) is 9.06. The van der Waals surface area contributed by atoms with Crippen LogP contribution in [-0.2, 0) is 4.79 Å². The van der Waals surface area contributed by atoms with Gasteiger partial charge in [-0.2, -0.15) is 0 Å². The van der Waals surface area contributed by atoms with E-state index in [1.165, 1.54) is 32.1 Å². The lowest BCUT2D eigenvalue weighted by atomic mass is 10.0. The Morgan fingerprint density at radius 2 is 1.92 bits per heavy atom. The van der Waals surface area contributed by atoms with Crippen LogP contribution in [0.5, 0.6) is 0 Å². The molecule has 1 unspecified atom stereocenters. The molecule has 1 aromatic carbocycles. The smallest absolute Gasteiger partial charge is 0.224 e. The number of anilines is 2. The maximum atomic E-state index is 12.3. The Bertz CT molecular complexity index is 529.